The maximum atomic E-state index is 13.6. The molecule has 0 aliphatic carbocycles. The molecule has 40 heavy (non-hydrogen) atoms. The van der Waals surface area contributed by atoms with Crippen molar-refractivity contribution in [1.82, 2.24) is 9.80 Å². The molecular formula is C32H37N3O5. The highest BCUT2D eigenvalue weighted by Gasteiger charge is 2.25. The van der Waals surface area contributed by atoms with Gasteiger partial charge in [-0.15, -0.1) is 0 Å². The Kier molecular flexibility index (Phi) is 8.79. The van der Waals surface area contributed by atoms with Crippen LogP contribution in [-0.4, -0.2) is 77.5 Å². The molecule has 0 saturated carbocycles. The van der Waals surface area contributed by atoms with Crippen molar-refractivity contribution in [2.24, 2.45) is 0 Å². The molecule has 2 aliphatic rings. The number of ether oxygens (including phenoxy) is 1. The lowest BCUT2D eigenvalue weighted by molar-refractivity contribution is 0.0548. The van der Waals surface area contributed by atoms with E-state index in [2.05, 4.69) is 29.2 Å². The average molecular weight is 544 g/mol. The number of rotatable bonds is 8. The second-order valence-electron chi connectivity index (χ2n) is 10.6. The molecule has 2 N–H and O–H groups in total. The first kappa shape index (κ1) is 27.8. The highest BCUT2D eigenvalue weighted by molar-refractivity contribution is 5.93. The van der Waals surface area contributed by atoms with Crippen LogP contribution in [0.2, 0.25) is 0 Å². The number of carboxylic acids is 1. The summed E-state index contributed by atoms with van der Waals surface area (Å²) in [4.78, 5) is 31.0. The van der Waals surface area contributed by atoms with Crippen LogP contribution < -0.4 is 4.90 Å². The van der Waals surface area contributed by atoms with Crippen LogP contribution in [0.15, 0.2) is 66.7 Å². The number of aliphatic hydroxyl groups is 1. The Morgan fingerprint density at radius 2 is 1.57 bits per heavy atom. The molecule has 0 aromatic heterocycles. The van der Waals surface area contributed by atoms with Crippen molar-refractivity contribution < 1.29 is 24.5 Å². The van der Waals surface area contributed by atoms with Gasteiger partial charge in [-0.1, -0.05) is 48.5 Å². The van der Waals surface area contributed by atoms with E-state index in [4.69, 9.17) is 4.74 Å². The number of nitrogens with zero attached hydrogens (tertiary/aromatic N) is 3. The first-order chi connectivity index (χ1) is 19.4. The Morgan fingerprint density at radius 1 is 0.925 bits per heavy atom. The Labute approximate surface area is 235 Å². The monoisotopic (exact) mass is 543 g/mol. The fourth-order valence-electron chi connectivity index (χ4n) is 5.62. The van der Waals surface area contributed by atoms with Gasteiger partial charge < -0.3 is 19.8 Å². The zero-order valence-corrected chi connectivity index (χ0v) is 23.0. The lowest BCUT2D eigenvalue weighted by Crippen LogP contribution is -2.48. The van der Waals surface area contributed by atoms with E-state index in [0.29, 0.717) is 38.4 Å². The zero-order chi connectivity index (χ0) is 28.1. The predicted octanol–water partition coefficient (Wildman–Crippen LogP) is 4.78. The summed E-state index contributed by atoms with van der Waals surface area (Å²) in [7, 11) is 0. The van der Waals surface area contributed by atoms with Crippen LogP contribution in [0.1, 0.15) is 39.9 Å². The molecule has 1 atom stereocenters. The Balaban J connectivity index is 1.34. The van der Waals surface area contributed by atoms with E-state index in [9.17, 15) is 19.8 Å². The standard InChI is InChI=1S/C32H37N3O5/c1-23-19-25(6-13-30(23)31(37)38)21-35(32(39)33-15-17-40-18-16-33)28-11-9-27(10-12-28)26-7-4-24(5-8-26)20-34-14-2-3-29(34)22-36/h4-13,19,29,36H,2-3,14-18,20-22H2,1H3,(H,37,38)/t29-/m0/s1. The highest BCUT2D eigenvalue weighted by atomic mass is 16.5. The summed E-state index contributed by atoms with van der Waals surface area (Å²) in [5, 5.41) is 19.0. The smallest absolute Gasteiger partial charge is 0.335 e. The van der Waals surface area contributed by atoms with E-state index in [1.165, 1.54) is 5.56 Å². The maximum absolute atomic E-state index is 13.6. The molecule has 3 aromatic rings. The molecule has 0 unspecified atom stereocenters. The van der Waals surface area contributed by atoms with Gasteiger partial charge in [0.15, 0.2) is 0 Å². The van der Waals surface area contributed by atoms with E-state index in [1.54, 1.807) is 28.9 Å². The van der Waals surface area contributed by atoms with E-state index in [1.807, 2.05) is 30.3 Å². The number of aliphatic hydroxyl groups excluding tert-OH is 1. The van der Waals surface area contributed by atoms with Gasteiger partial charge in [0.05, 0.1) is 31.9 Å². The van der Waals surface area contributed by atoms with Crippen LogP contribution in [0.5, 0.6) is 0 Å². The van der Waals surface area contributed by atoms with Crippen LogP contribution >= 0.6 is 0 Å². The predicted molar refractivity (Wildman–Crippen MR) is 155 cm³/mol. The van der Waals surface area contributed by atoms with Crippen molar-refractivity contribution >= 4 is 17.7 Å². The van der Waals surface area contributed by atoms with Gasteiger partial charge in [-0.25, -0.2) is 9.59 Å². The molecule has 2 amide bonds. The van der Waals surface area contributed by atoms with Crippen LogP contribution in [0.3, 0.4) is 0 Å². The van der Waals surface area contributed by atoms with Crippen molar-refractivity contribution in [3.05, 3.63) is 89.0 Å². The van der Waals surface area contributed by atoms with Crippen molar-refractivity contribution in [2.45, 2.75) is 38.9 Å². The molecule has 2 heterocycles. The van der Waals surface area contributed by atoms with Crippen LogP contribution in [-0.2, 0) is 17.8 Å². The SMILES string of the molecule is Cc1cc(CN(C(=O)N2CCOCC2)c2ccc(-c3ccc(CN4CCC[C@H]4CO)cc3)cc2)ccc1C(=O)O. The number of carboxylic acid groups (broad SMARTS) is 1. The Morgan fingerprint density at radius 3 is 2.20 bits per heavy atom. The van der Waals surface area contributed by atoms with Crippen LogP contribution in [0.25, 0.3) is 11.1 Å². The molecule has 2 saturated heterocycles. The molecule has 210 valence electrons. The molecule has 3 aromatic carbocycles. The van der Waals surface area contributed by atoms with Gasteiger partial charge in [0.2, 0.25) is 0 Å². The molecule has 0 spiro atoms. The Hall–Kier alpha value is -3.72. The number of carbonyl (C=O) groups excluding carboxylic acids is 1. The number of amides is 2. The number of hydrogen-bond donors (Lipinski definition) is 2. The zero-order valence-electron chi connectivity index (χ0n) is 23.0. The minimum Gasteiger partial charge on any atom is -0.478 e. The number of morpholine rings is 1. The number of carbonyl (C=O) groups is 2. The van der Waals surface area contributed by atoms with E-state index in [-0.39, 0.29) is 24.2 Å². The normalized spacial score (nSPS) is 17.6. The topological polar surface area (TPSA) is 93.5 Å². The van der Waals surface area contributed by atoms with Gasteiger partial charge in [0.25, 0.3) is 0 Å². The molecule has 2 aliphatic heterocycles. The summed E-state index contributed by atoms with van der Waals surface area (Å²) in [5.41, 5.74) is 5.96. The quantitative estimate of drug-likeness (QED) is 0.425. The third-order valence-corrected chi connectivity index (χ3v) is 7.94. The van der Waals surface area contributed by atoms with Gasteiger partial charge in [-0.3, -0.25) is 9.80 Å². The lowest BCUT2D eigenvalue weighted by Gasteiger charge is -2.33. The van der Waals surface area contributed by atoms with Gasteiger partial charge in [-0.2, -0.15) is 0 Å². The van der Waals surface area contributed by atoms with Gasteiger partial charge in [-0.05, 0) is 72.3 Å². The first-order valence-electron chi connectivity index (χ1n) is 13.9. The molecule has 0 bridgehead atoms. The molecule has 8 nitrogen and oxygen atoms in total. The molecule has 5 rings (SSSR count). The fourth-order valence-corrected chi connectivity index (χ4v) is 5.62. The third-order valence-electron chi connectivity index (χ3n) is 7.94. The number of urea groups is 1. The molecule has 2 fully saturated rings. The first-order valence-corrected chi connectivity index (χ1v) is 13.9. The summed E-state index contributed by atoms with van der Waals surface area (Å²) >= 11 is 0. The van der Waals surface area contributed by atoms with E-state index < -0.39 is 5.97 Å². The fraction of sp³-hybridized carbons (Fsp3) is 0.375. The second-order valence-corrected chi connectivity index (χ2v) is 10.6. The number of likely N-dealkylation sites (tertiary alicyclic amines) is 1. The number of hydrogen-bond acceptors (Lipinski definition) is 5. The summed E-state index contributed by atoms with van der Waals surface area (Å²) in [5.74, 6) is -0.959. The van der Waals surface area contributed by atoms with Crippen LogP contribution in [0, 0.1) is 6.92 Å². The summed E-state index contributed by atoms with van der Waals surface area (Å²) in [6, 6.07) is 21.9. The van der Waals surface area contributed by atoms with Crippen molar-refractivity contribution in [3.63, 3.8) is 0 Å². The van der Waals surface area contributed by atoms with E-state index >= 15 is 0 Å². The minimum absolute atomic E-state index is 0.0940. The summed E-state index contributed by atoms with van der Waals surface area (Å²) in [6.45, 7) is 6.28. The average Bonchev–Trinajstić information content (AvgIpc) is 3.43. The van der Waals surface area contributed by atoms with Gasteiger partial charge >= 0.3 is 12.0 Å². The van der Waals surface area contributed by atoms with Gasteiger partial charge in [0, 0.05) is 31.4 Å². The summed E-state index contributed by atoms with van der Waals surface area (Å²) < 4.78 is 5.44. The maximum Gasteiger partial charge on any atom is 0.335 e. The highest BCUT2D eigenvalue weighted by Crippen LogP contribution is 2.27. The minimum atomic E-state index is -0.959. The number of aromatic carboxylic acids is 1. The largest absolute Gasteiger partial charge is 0.478 e. The molecule has 0 radical (unpaired) electrons. The second kappa shape index (κ2) is 12.6. The van der Waals surface area contributed by atoms with Gasteiger partial charge in [0.1, 0.15) is 0 Å². The number of aryl methyl sites for hydroxylation is 1. The van der Waals surface area contributed by atoms with E-state index in [0.717, 1.165) is 48.3 Å². The van der Waals surface area contributed by atoms with Crippen molar-refractivity contribution in [3.8, 4) is 11.1 Å². The molecular weight excluding hydrogens is 506 g/mol. The summed E-state index contributed by atoms with van der Waals surface area (Å²) in [6.07, 6.45) is 2.19. The number of benzene rings is 3. The van der Waals surface area contributed by atoms with Crippen molar-refractivity contribution in [1.29, 1.82) is 0 Å². The number of anilines is 1. The lowest BCUT2D eigenvalue weighted by atomic mass is 10.0. The molecule has 8 heteroatoms. The van der Waals surface area contributed by atoms with Crippen molar-refractivity contribution in [2.75, 3.05) is 44.4 Å². The Bertz CT molecular complexity index is 1320. The van der Waals surface area contributed by atoms with Crippen LogP contribution in [0.4, 0.5) is 10.5 Å². The third kappa shape index (κ3) is 6.36.